The second kappa shape index (κ2) is 6.03. The Kier molecular flexibility index (Phi) is 4.57. The SMILES string of the molecule is CSC1CCCC1Nc1c([N+](=O)[O-])c(C(C)C)nn1C. The third-order valence-corrected chi connectivity index (χ3v) is 5.02. The fraction of sp³-hybridized carbons (Fsp3) is 0.769. The number of rotatable bonds is 5. The third-order valence-electron chi connectivity index (χ3n) is 3.86. The molecule has 0 aliphatic heterocycles. The zero-order chi connectivity index (χ0) is 14.9. The molecule has 0 bridgehead atoms. The molecule has 7 heteroatoms. The summed E-state index contributed by atoms with van der Waals surface area (Å²) in [7, 11) is 1.77. The quantitative estimate of drug-likeness (QED) is 0.667. The van der Waals surface area contributed by atoms with Crippen LogP contribution in [0.2, 0.25) is 0 Å². The molecule has 1 aromatic rings. The van der Waals surface area contributed by atoms with Gasteiger partial charge in [0.25, 0.3) is 0 Å². The Morgan fingerprint density at radius 3 is 2.75 bits per heavy atom. The number of nitro groups is 1. The van der Waals surface area contributed by atoms with Crippen LogP contribution in [0.15, 0.2) is 0 Å². The van der Waals surface area contributed by atoms with E-state index in [0.29, 0.717) is 22.8 Å². The first-order valence-corrected chi connectivity index (χ1v) is 8.25. The maximum atomic E-state index is 11.4. The number of aryl methyl sites for hydroxylation is 1. The highest BCUT2D eigenvalue weighted by Crippen LogP contribution is 2.36. The number of anilines is 1. The first kappa shape index (κ1) is 15.2. The van der Waals surface area contributed by atoms with Gasteiger partial charge in [0.1, 0.15) is 5.69 Å². The molecule has 6 nitrogen and oxygen atoms in total. The Bertz CT molecular complexity index is 501. The van der Waals surface area contributed by atoms with Gasteiger partial charge in [-0.2, -0.15) is 16.9 Å². The van der Waals surface area contributed by atoms with Gasteiger partial charge in [-0.1, -0.05) is 20.3 Å². The van der Waals surface area contributed by atoms with Crippen molar-refractivity contribution in [3.05, 3.63) is 15.8 Å². The number of nitrogens with one attached hydrogen (secondary N) is 1. The maximum absolute atomic E-state index is 11.4. The van der Waals surface area contributed by atoms with Gasteiger partial charge in [-0.25, -0.2) is 4.68 Å². The Labute approximate surface area is 123 Å². The van der Waals surface area contributed by atoms with Crippen LogP contribution in [0.4, 0.5) is 11.5 Å². The minimum atomic E-state index is -0.312. The summed E-state index contributed by atoms with van der Waals surface area (Å²) in [5.74, 6) is 0.585. The van der Waals surface area contributed by atoms with Gasteiger partial charge in [0.05, 0.1) is 4.92 Å². The fourth-order valence-corrected chi connectivity index (χ4v) is 3.75. The lowest BCUT2D eigenvalue weighted by atomic mass is 10.1. The van der Waals surface area contributed by atoms with Crippen molar-refractivity contribution in [2.24, 2.45) is 7.05 Å². The van der Waals surface area contributed by atoms with E-state index < -0.39 is 0 Å². The second-order valence-corrected chi connectivity index (χ2v) is 6.65. The summed E-state index contributed by atoms with van der Waals surface area (Å²) < 4.78 is 1.61. The Balaban J connectivity index is 2.33. The van der Waals surface area contributed by atoms with E-state index >= 15 is 0 Å². The van der Waals surface area contributed by atoms with E-state index in [-0.39, 0.29) is 16.5 Å². The van der Waals surface area contributed by atoms with Crippen molar-refractivity contribution in [3.8, 4) is 0 Å². The fourth-order valence-electron chi connectivity index (χ4n) is 2.81. The molecule has 2 unspecified atom stereocenters. The van der Waals surface area contributed by atoms with Crippen LogP contribution >= 0.6 is 11.8 Å². The molecule has 1 aromatic heterocycles. The Morgan fingerprint density at radius 2 is 2.20 bits per heavy atom. The molecule has 1 aliphatic rings. The van der Waals surface area contributed by atoms with Gasteiger partial charge in [0.15, 0.2) is 0 Å². The predicted molar refractivity (Wildman–Crippen MR) is 82.5 cm³/mol. The van der Waals surface area contributed by atoms with E-state index in [0.717, 1.165) is 6.42 Å². The van der Waals surface area contributed by atoms with Crippen LogP contribution in [0, 0.1) is 10.1 Å². The average molecular weight is 298 g/mol. The molecule has 1 N–H and O–H groups in total. The number of hydrogen-bond donors (Lipinski definition) is 1. The van der Waals surface area contributed by atoms with E-state index in [4.69, 9.17) is 0 Å². The standard InChI is InChI=1S/C13H22N4O2S/c1-8(2)11-12(17(18)19)13(16(3)15-11)14-9-6-5-7-10(9)20-4/h8-10,14H,5-7H2,1-4H3. The summed E-state index contributed by atoms with van der Waals surface area (Å²) in [6.45, 7) is 3.86. The van der Waals surface area contributed by atoms with Crippen molar-refractivity contribution in [2.45, 2.75) is 50.3 Å². The molecule has 0 spiro atoms. The molecule has 1 saturated carbocycles. The van der Waals surface area contributed by atoms with Gasteiger partial charge >= 0.3 is 5.69 Å². The normalized spacial score (nSPS) is 22.4. The summed E-state index contributed by atoms with van der Waals surface area (Å²) in [5, 5.41) is 19.6. The monoisotopic (exact) mass is 298 g/mol. The highest BCUT2D eigenvalue weighted by Gasteiger charge is 2.33. The van der Waals surface area contributed by atoms with Gasteiger partial charge < -0.3 is 5.32 Å². The molecular weight excluding hydrogens is 276 g/mol. The molecule has 0 aromatic carbocycles. The smallest absolute Gasteiger partial charge is 0.334 e. The third kappa shape index (κ3) is 2.77. The zero-order valence-corrected chi connectivity index (χ0v) is 13.2. The molecule has 0 amide bonds. The van der Waals surface area contributed by atoms with Crippen LogP contribution < -0.4 is 5.32 Å². The lowest BCUT2D eigenvalue weighted by Gasteiger charge is -2.19. The molecule has 0 radical (unpaired) electrons. The van der Waals surface area contributed by atoms with Crippen molar-refractivity contribution in [1.82, 2.24) is 9.78 Å². The molecule has 0 saturated heterocycles. The number of aromatic nitrogens is 2. The maximum Gasteiger partial charge on any atom is 0.334 e. The second-order valence-electron chi connectivity index (χ2n) is 5.57. The van der Waals surface area contributed by atoms with Crippen LogP contribution in [-0.4, -0.2) is 32.3 Å². The Morgan fingerprint density at radius 1 is 1.50 bits per heavy atom. The number of thioether (sulfide) groups is 1. The highest BCUT2D eigenvalue weighted by atomic mass is 32.2. The van der Waals surface area contributed by atoms with Crippen molar-refractivity contribution in [2.75, 3.05) is 11.6 Å². The number of hydrogen-bond acceptors (Lipinski definition) is 5. The summed E-state index contributed by atoms with van der Waals surface area (Å²) in [6.07, 6.45) is 5.50. The summed E-state index contributed by atoms with van der Waals surface area (Å²) >= 11 is 1.83. The molecule has 2 rings (SSSR count). The molecule has 1 fully saturated rings. The first-order valence-electron chi connectivity index (χ1n) is 6.96. The van der Waals surface area contributed by atoms with Crippen molar-refractivity contribution < 1.29 is 4.92 Å². The summed E-state index contributed by atoms with van der Waals surface area (Å²) in [5.41, 5.74) is 0.688. The highest BCUT2D eigenvalue weighted by molar-refractivity contribution is 7.99. The minimum Gasteiger partial charge on any atom is -0.361 e. The van der Waals surface area contributed by atoms with Crippen molar-refractivity contribution in [1.29, 1.82) is 0 Å². The van der Waals surface area contributed by atoms with Crippen molar-refractivity contribution >= 4 is 23.3 Å². The largest absolute Gasteiger partial charge is 0.361 e. The van der Waals surface area contributed by atoms with Gasteiger partial charge in [-0.3, -0.25) is 10.1 Å². The van der Waals surface area contributed by atoms with Gasteiger partial charge in [0, 0.05) is 24.3 Å². The van der Waals surface area contributed by atoms with Crippen LogP contribution in [0.1, 0.15) is 44.7 Å². The lowest BCUT2D eigenvalue weighted by Crippen LogP contribution is -2.27. The Hall–Kier alpha value is -1.24. The van der Waals surface area contributed by atoms with E-state index in [1.807, 2.05) is 25.6 Å². The average Bonchev–Trinajstić information content (AvgIpc) is 2.95. The lowest BCUT2D eigenvalue weighted by molar-refractivity contribution is -0.384. The molecule has 2 atom stereocenters. The first-order chi connectivity index (χ1) is 9.45. The summed E-state index contributed by atoms with van der Waals surface area (Å²) in [4.78, 5) is 11.1. The topological polar surface area (TPSA) is 73.0 Å². The number of nitrogens with zero attached hydrogens (tertiary/aromatic N) is 3. The molecule has 20 heavy (non-hydrogen) atoms. The van der Waals surface area contributed by atoms with Crippen LogP contribution in [0.5, 0.6) is 0 Å². The summed E-state index contributed by atoms with van der Waals surface area (Å²) in [6, 6.07) is 0.291. The van der Waals surface area contributed by atoms with Crippen LogP contribution in [0.3, 0.4) is 0 Å². The van der Waals surface area contributed by atoms with Crippen molar-refractivity contribution in [3.63, 3.8) is 0 Å². The van der Waals surface area contributed by atoms with Gasteiger partial charge in [-0.15, -0.1) is 0 Å². The van der Waals surface area contributed by atoms with E-state index in [1.165, 1.54) is 12.8 Å². The molecule has 1 heterocycles. The minimum absolute atomic E-state index is 0.0390. The molecular formula is C13H22N4O2S. The van der Waals surface area contributed by atoms with Gasteiger partial charge in [0.2, 0.25) is 5.82 Å². The van der Waals surface area contributed by atoms with E-state index in [2.05, 4.69) is 16.7 Å². The molecule has 112 valence electrons. The van der Waals surface area contributed by atoms with Gasteiger partial charge in [-0.05, 0) is 19.1 Å². The zero-order valence-electron chi connectivity index (χ0n) is 12.4. The predicted octanol–water partition coefficient (Wildman–Crippen LogP) is 3.15. The van der Waals surface area contributed by atoms with Crippen LogP contribution in [-0.2, 0) is 7.05 Å². The van der Waals surface area contributed by atoms with E-state index in [9.17, 15) is 10.1 Å². The van der Waals surface area contributed by atoms with E-state index in [1.54, 1.807) is 11.7 Å². The molecule has 1 aliphatic carbocycles. The van der Waals surface area contributed by atoms with Crippen LogP contribution in [0.25, 0.3) is 0 Å².